The van der Waals surface area contributed by atoms with E-state index in [-0.39, 0.29) is 22.4 Å². The first-order valence-corrected chi connectivity index (χ1v) is 12.0. The number of sulfonamides is 1. The Kier molecular flexibility index (Phi) is 5.95. The van der Waals surface area contributed by atoms with Crippen molar-refractivity contribution in [3.8, 4) is 0 Å². The summed E-state index contributed by atoms with van der Waals surface area (Å²) in [6.45, 7) is 5.59. The Hall–Kier alpha value is -1.74. The van der Waals surface area contributed by atoms with E-state index in [4.69, 9.17) is 4.18 Å². The van der Waals surface area contributed by atoms with Gasteiger partial charge >= 0.3 is 0 Å². The van der Waals surface area contributed by atoms with Crippen LogP contribution in [-0.4, -0.2) is 39.8 Å². The molecule has 2 atom stereocenters. The van der Waals surface area contributed by atoms with Crippen LogP contribution in [0.25, 0.3) is 0 Å². The van der Waals surface area contributed by atoms with Crippen molar-refractivity contribution in [2.24, 2.45) is 0 Å². The second-order valence-corrected chi connectivity index (χ2v) is 10.8. The molecule has 1 aliphatic heterocycles. The second kappa shape index (κ2) is 7.94. The standard InChI is InChI=1S/C20H25NO5S2/c1-15-4-10-19(11-5-15)27(22,23)21-14-18(9-8-17(21)3)26-28(24,25)20-12-6-16(2)7-13-20/h4-7,10-13,17-18H,8-9,14H2,1-3H3/t17-,18-/m0/s1. The van der Waals surface area contributed by atoms with E-state index in [0.717, 1.165) is 11.1 Å². The first-order valence-electron chi connectivity index (χ1n) is 9.18. The van der Waals surface area contributed by atoms with Crippen molar-refractivity contribution in [1.82, 2.24) is 4.31 Å². The summed E-state index contributed by atoms with van der Waals surface area (Å²) in [4.78, 5) is 0.275. The monoisotopic (exact) mass is 423 g/mol. The summed E-state index contributed by atoms with van der Waals surface area (Å²) in [7, 11) is -7.68. The van der Waals surface area contributed by atoms with E-state index in [1.54, 1.807) is 36.4 Å². The van der Waals surface area contributed by atoms with E-state index in [1.807, 2.05) is 20.8 Å². The highest BCUT2D eigenvalue weighted by Crippen LogP contribution is 2.28. The summed E-state index contributed by atoms with van der Waals surface area (Å²) >= 11 is 0. The molecule has 8 heteroatoms. The molecule has 0 aromatic heterocycles. The van der Waals surface area contributed by atoms with Crippen molar-refractivity contribution in [3.63, 3.8) is 0 Å². The Morgan fingerprint density at radius 1 is 0.821 bits per heavy atom. The smallest absolute Gasteiger partial charge is 0.262 e. The van der Waals surface area contributed by atoms with E-state index in [0.29, 0.717) is 12.8 Å². The number of rotatable bonds is 5. The van der Waals surface area contributed by atoms with Crippen LogP contribution in [0, 0.1) is 13.8 Å². The van der Waals surface area contributed by atoms with Crippen molar-refractivity contribution >= 4 is 20.1 Å². The molecule has 0 spiro atoms. The molecule has 2 aromatic carbocycles. The molecule has 2 aromatic rings. The Morgan fingerprint density at radius 3 is 1.86 bits per heavy atom. The van der Waals surface area contributed by atoms with Gasteiger partial charge in [0.15, 0.2) is 0 Å². The van der Waals surface area contributed by atoms with Crippen LogP contribution in [0.2, 0.25) is 0 Å². The molecule has 0 amide bonds. The van der Waals surface area contributed by atoms with Gasteiger partial charge in [0, 0.05) is 12.6 Å². The predicted molar refractivity (Wildman–Crippen MR) is 107 cm³/mol. The van der Waals surface area contributed by atoms with Gasteiger partial charge in [-0.3, -0.25) is 4.18 Å². The minimum absolute atomic E-state index is 0.00245. The van der Waals surface area contributed by atoms with Gasteiger partial charge in [0.05, 0.1) is 15.9 Å². The molecule has 152 valence electrons. The van der Waals surface area contributed by atoms with Gasteiger partial charge in [-0.2, -0.15) is 12.7 Å². The van der Waals surface area contributed by atoms with Gasteiger partial charge in [-0.05, 0) is 57.9 Å². The molecular weight excluding hydrogens is 398 g/mol. The summed E-state index contributed by atoms with van der Waals surface area (Å²) in [6, 6.07) is 12.8. The number of nitrogens with zero attached hydrogens (tertiary/aromatic N) is 1. The van der Waals surface area contributed by atoms with Crippen LogP contribution in [0.5, 0.6) is 0 Å². The van der Waals surface area contributed by atoms with Crippen LogP contribution in [0.4, 0.5) is 0 Å². The third-order valence-electron chi connectivity index (χ3n) is 4.98. The first-order chi connectivity index (χ1) is 13.1. The zero-order chi connectivity index (χ0) is 20.5. The van der Waals surface area contributed by atoms with E-state index in [1.165, 1.54) is 16.4 Å². The Labute approximate surface area is 167 Å². The molecule has 0 N–H and O–H groups in total. The Bertz CT molecular complexity index is 1030. The normalized spacial score (nSPS) is 21.5. The fourth-order valence-electron chi connectivity index (χ4n) is 3.24. The second-order valence-electron chi connectivity index (χ2n) is 7.30. The van der Waals surface area contributed by atoms with Gasteiger partial charge < -0.3 is 0 Å². The highest BCUT2D eigenvalue weighted by molar-refractivity contribution is 7.89. The average molecular weight is 424 g/mol. The van der Waals surface area contributed by atoms with Crippen molar-refractivity contribution in [2.75, 3.05) is 6.54 Å². The third-order valence-corrected chi connectivity index (χ3v) is 8.35. The zero-order valence-corrected chi connectivity index (χ0v) is 17.8. The maximum Gasteiger partial charge on any atom is 0.297 e. The highest BCUT2D eigenvalue weighted by Gasteiger charge is 2.37. The lowest BCUT2D eigenvalue weighted by Gasteiger charge is -2.36. The van der Waals surface area contributed by atoms with Gasteiger partial charge in [-0.1, -0.05) is 35.4 Å². The molecule has 1 saturated heterocycles. The summed E-state index contributed by atoms with van der Waals surface area (Å²) in [6.07, 6.45) is 0.286. The van der Waals surface area contributed by atoms with Gasteiger partial charge in [0.1, 0.15) is 0 Å². The van der Waals surface area contributed by atoms with Crippen molar-refractivity contribution < 1.29 is 21.0 Å². The number of hydrogen-bond acceptors (Lipinski definition) is 5. The maximum atomic E-state index is 13.0. The molecule has 28 heavy (non-hydrogen) atoms. The molecule has 1 fully saturated rings. The van der Waals surface area contributed by atoms with Crippen LogP contribution < -0.4 is 0 Å². The lowest BCUT2D eigenvalue weighted by Crippen LogP contribution is -2.48. The molecule has 6 nitrogen and oxygen atoms in total. The molecule has 1 heterocycles. The van der Waals surface area contributed by atoms with E-state index in [2.05, 4.69) is 0 Å². The van der Waals surface area contributed by atoms with E-state index < -0.39 is 26.2 Å². The zero-order valence-electron chi connectivity index (χ0n) is 16.2. The fourth-order valence-corrected chi connectivity index (χ4v) is 6.03. The van der Waals surface area contributed by atoms with Crippen LogP contribution in [-0.2, 0) is 24.3 Å². The van der Waals surface area contributed by atoms with Crippen LogP contribution >= 0.6 is 0 Å². The van der Waals surface area contributed by atoms with Gasteiger partial charge in [0.2, 0.25) is 10.0 Å². The van der Waals surface area contributed by atoms with Crippen LogP contribution in [0.1, 0.15) is 30.9 Å². The van der Waals surface area contributed by atoms with Gasteiger partial charge in [-0.15, -0.1) is 0 Å². The van der Waals surface area contributed by atoms with E-state index >= 15 is 0 Å². The number of piperidine rings is 1. The number of hydrogen-bond donors (Lipinski definition) is 0. The topological polar surface area (TPSA) is 80.8 Å². The summed E-state index contributed by atoms with van der Waals surface area (Å²) in [5.41, 5.74) is 1.91. The highest BCUT2D eigenvalue weighted by atomic mass is 32.2. The lowest BCUT2D eigenvalue weighted by molar-refractivity contribution is 0.110. The quantitative estimate of drug-likeness (QED) is 0.690. The van der Waals surface area contributed by atoms with E-state index in [9.17, 15) is 16.8 Å². The molecule has 0 unspecified atom stereocenters. The minimum Gasteiger partial charge on any atom is -0.262 e. The Balaban J connectivity index is 1.80. The van der Waals surface area contributed by atoms with Crippen LogP contribution in [0.3, 0.4) is 0 Å². The summed E-state index contributed by atoms with van der Waals surface area (Å²) < 4.78 is 58.0. The predicted octanol–water partition coefficient (Wildman–Crippen LogP) is 3.25. The summed E-state index contributed by atoms with van der Waals surface area (Å²) in [5, 5.41) is 0. The largest absolute Gasteiger partial charge is 0.297 e. The first kappa shape index (κ1) is 21.0. The molecule has 0 aliphatic carbocycles. The number of benzene rings is 2. The molecule has 0 bridgehead atoms. The average Bonchev–Trinajstić information content (AvgIpc) is 2.64. The van der Waals surface area contributed by atoms with Gasteiger partial charge in [0.25, 0.3) is 10.1 Å². The number of aryl methyl sites for hydroxylation is 2. The van der Waals surface area contributed by atoms with Crippen molar-refractivity contribution in [3.05, 3.63) is 59.7 Å². The minimum atomic E-state index is -3.95. The third kappa shape index (κ3) is 4.46. The Morgan fingerprint density at radius 2 is 1.32 bits per heavy atom. The molecule has 1 aliphatic rings. The maximum absolute atomic E-state index is 13.0. The van der Waals surface area contributed by atoms with Gasteiger partial charge in [-0.25, -0.2) is 8.42 Å². The lowest BCUT2D eigenvalue weighted by atomic mass is 10.0. The summed E-state index contributed by atoms with van der Waals surface area (Å²) in [5.74, 6) is 0. The molecular formula is C20H25NO5S2. The molecule has 0 radical (unpaired) electrons. The fraction of sp³-hybridized carbons (Fsp3) is 0.400. The van der Waals surface area contributed by atoms with Crippen LogP contribution in [0.15, 0.2) is 58.3 Å². The molecule has 3 rings (SSSR count). The molecule has 0 saturated carbocycles. The van der Waals surface area contributed by atoms with Crippen molar-refractivity contribution in [1.29, 1.82) is 0 Å². The SMILES string of the molecule is Cc1ccc(S(=O)(=O)O[C@H]2CC[C@H](C)N(S(=O)(=O)c3ccc(C)cc3)C2)cc1. The van der Waals surface area contributed by atoms with Crippen molar-refractivity contribution in [2.45, 2.75) is 55.5 Å².